The maximum Gasteiger partial charge on any atom is 0.416 e. The smallest absolute Gasteiger partial charge is 0.321 e. The average molecular weight is 394 g/mol. The third-order valence-electron chi connectivity index (χ3n) is 3.43. The van der Waals surface area contributed by atoms with Gasteiger partial charge in [-0.25, -0.2) is 0 Å². The fourth-order valence-electron chi connectivity index (χ4n) is 2.18. The lowest BCUT2D eigenvalue weighted by molar-refractivity contribution is -0.137. The zero-order valence-electron chi connectivity index (χ0n) is 13.3. The number of amides is 1. The number of hydrogen-bond donors (Lipinski definition) is 1. The van der Waals surface area contributed by atoms with Crippen molar-refractivity contribution in [1.29, 1.82) is 0 Å². The van der Waals surface area contributed by atoms with Crippen LogP contribution in [-0.4, -0.2) is 10.9 Å². The Kier molecular flexibility index (Phi) is 5.63. The van der Waals surface area contributed by atoms with Crippen molar-refractivity contribution < 1.29 is 18.0 Å². The van der Waals surface area contributed by atoms with Crippen LogP contribution in [0, 0.1) is 0 Å². The third kappa shape index (κ3) is 4.64. The van der Waals surface area contributed by atoms with E-state index in [1.807, 2.05) is 18.2 Å². The van der Waals surface area contributed by atoms with E-state index in [2.05, 4.69) is 10.3 Å². The minimum atomic E-state index is -4.45. The highest BCUT2D eigenvalue weighted by atomic mass is 32.2. The third-order valence-corrected chi connectivity index (χ3v) is 5.60. The van der Waals surface area contributed by atoms with Crippen molar-refractivity contribution in [3.63, 3.8) is 0 Å². The fourth-order valence-corrected chi connectivity index (χ4v) is 4.17. The first kappa shape index (κ1) is 18.5. The largest absolute Gasteiger partial charge is 0.416 e. The Morgan fingerprint density at radius 1 is 1.15 bits per heavy atom. The Morgan fingerprint density at radius 2 is 1.92 bits per heavy atom. The van der Waals surface area contributed by atoms with Gasteiger partial charge in [-0.15, -0.1) is 23.1 Å². The van der Waals surface area contributed by atoms with E-state index in [-0.39, 0.29) is 5.69 Å². The molecule has 2 heterocycles. The molecule has 0 unspecified atom stereocenters. The average Bonchev–Trinajstić information content (AvgIpc) is 3.09. The normalized spacial score (nSPS) is 11.3. The van der Waals surface area contributed by atoms with Gasteiger partial charge in [0.05, 0.1) is 5.56 Å². The van der Waals surface area contributed by atoms with Crippen molar-refractivity contribution >= 4 is 34.7 Å². The minimum absolute atomic E-state index is 0.114. The second kappa shape index (κ2) is 7.92. The molecule has 2 aromatic heterocycles. The van der Waals surface area contributed by atoms with Gasteiger partial charge in [0.15, 0.2) is 0 Å². The van der Waals surface area contributed by atoms with Crippen LogP contribution in [0.5, 0.6) is 0 Å². The number of thioether (sulfide) groups is 1. The number of anilines is 1. The van der Waals surface area contributed by atoms with Crippen molar-refractivity contribution in [2.24, 2.45) is 0 Å². The minimum Gasteiger partial charge on any atom is -0.321 e. The van der Waals surface area contributed by atoms with Crippen LogP contribution in [-0.2, 0) is 11.9 Å². The van der Waals surface area contributed by atoms with E-state index in [9.17, 15) is 18.0 Å². The maximum atomic E-state index is 12.8. The van der Waals surface area contributed by atoms with E-state index in [0.717, 1.165) is 22.6 Å². The number of hydrogen-bond acceptors (Lipinski definition) is 4. The van der Waals surface area contributed by atoms with E-state index >= 15 is 0 Å². The lowest BCUT2D eigenvalue weighted by atomic mass is 10.2. The van der Waals surface area contributed by atoms with Gasteiger partial charge in [0, 0.05) is 28.7 Å². The molecule has 8 heteroatoms. The number of pyridine rings is 1. The molecule has 1 N–H and O–H groups in total. The Morgan fingerprint density at radius 3 is 2.65 bits per heavy atom. The second-order valence-electron chi connectivity index (χ2n) is 5.29. The summed E-state index contributed by atoms with van der Waals surface area (Å²) in [4.78, 5) is 17.7. The topological polar surface area (TPSA) is 42.0 Å². The number of aromatic nitrogens is 1. The van der Waals surface area contributed by atoms with Crippen LogP contribution >= 0.6 is 23.1 Å². The Hall–Kier alpha value is -2.32. The van der Waals surface area contributed by atoms with Crippen molar-refractivity contribution in [1.82, 2.24) is 4.98 Å². The molecule has 0 aliphatic carbocycles. The number of rotatable bonds is 5. The highest BCUT2D eigenvalue weighted by Crippen LogP contribution is 2.32. The van der Waals surface area contributed by atoms with Crippen LogP contribution in [0.3, 0.4) is 0 Å². The molecule has 0 aliphatic heterocycles. The van der Waals surface area contributed by atoms with Crippen LogP contribution in [0.15, 0.2) is 65.1 Å². The molecule has 3 nitrogen and oxygen atoms in total. The number of carbonyl (C=O) groups excluding carboxylic acids is 1. The molecule has 0 bridgehead atoms. The standard InChI is InChI=1S/C18H13F3N2OS2/c19-18(20,21)13-2-1-3-14(10-13)23-17(24)16-15(6-9-25-16)26-11-12-4-7-22-8-5-12/h1-10H,11H2,(H,23,24). The van der Waals surface area contributed by atoms with Gasteiger partial charge < -0.3 is 5.32 Å². The summed E-state index contributed by atoms with van der Waals surface area (Å²) in [5.74, 6) is 0.250. The first-order valence-electron chi connectivity index (χ1n) is 7.51. The Bertz CT molecular complexity index is 895. The zero-order valence-corrected chi connectivity index (χ0v) is 14.9. The number of nitrogens with one attached hydrogen (secondary N) is 1. The van der Waals surface area contributed by atoms with Gasteiger partial charge in [0.25, 0.3) is 5.91 Å². The summed E-state index contributed by atoms with van der Waals surface area (Å²) in [6.07, 6.45) is -1.05. The lowest BCUT2D eigenvalue weighted by Gasteiger charge is -2.10. The van der Waals surface area contributed by atoms with E-state index < -0.39 is 17.6 Å². The van der Waals surface area contributed by atoms with E-state index in [0.29, 0.717) is 10.6 Å². The number of carbonyl (C=O) groups is 1. The zero-order chi connectivity index (χ0) is 18.6. The molecule has 3 aromatic rings. The van der Waals surface area contributed by atoms with Gasteiger partial charge in [0.1, 0.15) is 4.88 Å². The summed E-state index contributed by atoms with van der Waals surface area (Å²) >= 11 is 2.75. The summed E-state index contributed by atoms with van der Waals surface area (Å²) in [5, 5.41) is 4.33. The SMILES string of the molecule is O=C(Nc1cccc(C(F)(F)F)c1)c1sccc1SCc1ccncc1. The molecular formula is C18H13F3N2OS2. The Labute approximate surface area is 156 Å². The molecule has 0 saturated carbocycles. The highest BCUT2D eigenvalue weighted by Gasteiger charge is 2.30. The molecule has 1 amide bonds. The summed E-state index contributed by atoms with van der Waals surface area (Å²) in [6.45, 7) is 0. The van der Waals surface area contributed by atoms with E-state index in [1.165, 1.54) is 35.2 Å². The monoisotopic (exact) mass is 394 g/mol. The number of alkyl halides is 3. The van der Waals surface area contributed by atoms with Gasteiger partial charge in [-0.1, -0.05) is 6.07 Å². The molecule has 0 atom stereocenters. The van der Waals surface area contributed by atoms with Gasteiger partial charge in [-0.05, 0) is 47.3 Å². The maximum absolute atomic E-state index is 12.8. The first-order valence-corrected chi connectivity index (χ1v) is 9.38. The van der Waals surface area contributed by atoms with Gasteiger partial charge in [0.2, 0.25) is 0 Å². The van der Waals surface area contributed by atoms with Crippen LogP contribution in [0.4, 0.5) is 18.9 Å². The van der Waals surface area contributed by atoms with Crippen molar-refractivity contribution in [3.8, 4) is 0 Å². The summed E-state index contributed by atoms with van der Waals surface area (Å²) in [7, 11) is 0. The fraction of sp³-hybridized carbons (Fsp3) is 0.111. The quantitative estimate of drug-likeness (QED) is 0.564. The summed E-state index contributed by atoms with van der Waals surface area (Å²) < 4.78 is 38.4. The van der Waals surface area contributed by atoms with Gasteiger partial charge in [-0.2, -0.15) is 13.2 Å². The van der Waals surface area contributed by atoms with Crippen LogP contribution in [0.1, 0.15) is 20.8 Å². The number of halogens is 3. The summed E-state index contributed by atoms with van der Waals surface area (Å²) in [6, 6.07) is 10.2. The molecule has 1 aromatic carbocycles. The molecule has 26 heavy (non-hydrogen) atoms. The molecule has 0 spiro atoms. The molecule has 0 fully saturated rings. The van der Waals surface area contributed by atoms with Crippen molar-refractivity contribution in [2.75, 3.05) is 5.32 Å². The van der Waals surface area contributed by atoms with Crippen LogP contribution in [0.2, 0.25) is 0 Å². The second-order valence-corrected chi connectivity index (χ2v) is 7.22. The predicted molar refractivity (Wildman–Crippen MR) is 97.5 cm³/mol. The predicted octanol–water partition coefficient (Wildman–Crippen LogP) is 5.71. The van der Waals surface area contributed by atoms with Crippen molar-refractivity contribution in [3.05, 3.63) is 76.2 Å². The van der Waals surface area contributed by atoms with Crippen molar-refractivity contribution in [2.45, 2.75) is 16.8 Å². The molecule has 0 aliphatic rings. The van der Waals surface area contributed by atoms with Gasteiger partial charge >= 0.3 is 6.18 Å². The highest BCUT2D eigenvalue weighted by molar-refractivity contribution is 7.98. The first-order chi connectivity index (χ1) is 12.4. The number of benzene rings is 1. The molecule has 134 valence electrons. The molecule has 0 saturated heterocycles. The van der Waals surface area contributed by atoms with Crippen LogP contribution in [0.25, 0.3) is 0 Å². The van der Waals surface area contributed by atoms with Gasteiger partial charge in [-0.3, -0.25) is 9.78 Å². The number of nitrogens with zero attached hydrogens (tertiary/aromatic N) is 1. The Balaban J connectivity index is 1.70. The van der Waals surface area contributed by atoms with Crippen LogP contribution < -0.4 is 5.32 Å². The number of thiophene rings is 1. The molecule has 3 rings (SSSR count). The molecule has 0 radical (unpaired) electrons. The van der Waals surface area contributed by atoms with E-state index in [1.54, 1.807) is 17.8 Å². The van der Waals surface area contributed by atoms with E-state index in [4.69, 9.17) is 0 Å². The summed E-state index contributed by atoms with van der Waals surface area (Å²) in [5.41, 5.74) is 0.387. The lowest BCUT2D eigenvalue weighted by Crippen LogP contribution is -2.12. The molecular weight excluding hydrogens is 381 g/mol.